The van der Waals surface area contributed by atoms with Gasteiger partial charge >= 0.3 is 12.0 Å². The predicted octanol–water partition coefficient (Wildman–Crippen LogP) is 1.30. The van der Waals surface area contributed by atoms with Gasteiger partial charge in [-0.05, 0) is 25.5 Å². The molecule has 6 nitrogen and oxygen atoms in total. The van der Waals surface area contributed by atoms with E-state index >= 15 is 0 Å². The van der Waals surface area contributed by atoms with Gasteiger partial charge in [0.25, 0.3) is 0 Å². The molecule has 18 heavy (non-hydrogen) atoms. The zero-order valence-corrected chi connectivity index (χ0v) is 10.4. The minimum atomic E-state index is -1.04. The van der Waals surface area contributed by atoms with Crippen molar-refractivity contribution in [3.63, 3.8) is 0 Å². The van der Waals surface area contributed by atoms with Crippen LogP contribution in [0.25, 0.3) is 0 Å². The molecule has 0 fully saturated rings. The van der Waals surface area contributed by atoms with E-state index in [1.165, 1.54) is 0 Å². The van der Waals surface area contributed by atoms with Gasteiger partial charge in [0.1, 0.15) is 6.04 Å². The molecule has 2 amide bonds. The first kappa shape index (κ1) is 14.0. The SMILES string of the molecule is CCC(NC(=O)NC(C)c1ccccn1)C(=O)O. The van der Waals surface area contributed by atoms with Gasteiger partial charge in [-0.25, -0.2) is 9.59 Å². The highest BCUT2D eigenvalue weighted by Crippen LogP contribution is 2.07. The lowest BCUT2D eigenvalue weighted by molar-refractivity contribution is -0.139. The predicted molar refractivity (Wildman–Crippen MR) is 66.0 cm³/mol. The number of aliphatic carboxylic acids is 1. The number of carbonyl (C=O) groups is 2. The van der Waals surface area contributed by atoms with Gasteiger partial charge in [-0.3, -0.25) is 4.98 Å². The summed E-state index contributed by atoms with van der Waals surface area (Å²) in [4.78, 5) is 26.5. The van der Waals surface area contributed by atoms with Crippen molar-refractivity contribution in [2.24, 2.45) is 0 Å². The van der Waals surface area contributed by atoms with Gasteiger partial charge in [0.2, 0.25) is 0 Å². The molecule has 98 valence electrons. The number of aromatic nitrogens is 1. The molecule has 0 aliphatic rings. The highest BCUT2D eigenvalue weighted by molar-refractivity contribution is 5.82. The van der Waals surface area contributed by atoms with E-state index in [4.69, 9.17) is 5.11 Å². The van der Waals surface area contributed by atoms with Crippen molar-refractivity contribution in [3.8, 4) is 0 Å². The average molecular weight is 251 g/mol. The van der Waals surface area contributed by atoms with Crippen LogP contribution in [0, 0.1) is 0 Å². The number of carboxylic acids is 1. The topological polar surface area (TPSA) is 91.3 Å². The van der Waals surface area contributed by atoms with E-state index in [1.54, 1.807) is 32.2 Å². The number of pyridine rings is 1. The van der Waals surface area contributed by atoms with Crippen LogP contribution >= 0.6 is 0 Å². The van der Waals surface area contributed by atoms with E-state index < -0.39 is 18.0 Å². The van der Waals surface area contributed by atoms with Gasteiger partial charge in [-0.15, -0.1) is 0 Å². The Hall–Kier alpha value is -2.11. The molecule has 0 aliphatic carbocycles. The largest absolute Gasteiger partial charge is 0.480 e. The number of nitrogens with zero attached hydrogens (tertiary/aromatic N) is 1. The molecule has 1 aromatic rings. The fourth-order valence-corrected chi connectivity index (χ4v) is 1.44. The maximum absolute atomic E-state index is 11.6. The summed E-state index contributed by atoms with van der Waals surface area (Å²) >= 11 is 0. The third-order valence-electron chi connectivity index (χ3n) is 2.49. The summed E-state index contributed by atoms with van der Waals surface area (Å²) < 4.78 is 0. The maximum atomic E-state index is 11.6. The van der Waals surface area contributed by atoms with Gasteiger partial charge in [-0.2, -0.15) is 0 Å². The Bertz CT molecular complexity index is 408. The quantitative estimate of drug-likeness (QED) is 0.735. The molecule has 1 heterocycles. The van der Waals surface area contributed by atoms with Crippen LogP contribution in [0.4, 0.5) is 4.79 Å². The number of rotatable bonds is 5. The number of nitrogens with one attached hydrogen (secondary N) is 2. The molecule has 0 saturated heterocycles. The van der Waals surface area contributed by atoms with Crippen LogP contribution in [0.5, 0.6) is 0 Å². The van der Waals surface area contributed by atoms with Crippen LogP contribution in [0.3, 0.4) is 0 Å². The Labute approximate surface area is 105 Å². The minimum Gasteiger partial charge on any atom is -0.480 e. The summed E-state index contributed by atoms with van der Waals surface area (Å²) in [7, 11) is 0. The van der Waals surface area contributed by atoms with E-state index in [2.05, 4.69) is 15.6 Å². The molecular formula is C12H17N3O3. The Morgan fingerprint density at radius 2 is 2.11 bits per heavy atom. The zero-order valence-electron chi connectivity index (χ0n) is 10.4. The van der Waals surface area contributed by atoms with Crippen molar-refractivity contribution in [1.82, 2.24) is 15.6 Å². The molecule has 1 rings (SSSR count). The van der Waals surface area contributed by atoms with Crippen LogP contribution in [-0.4, -0.2) is 28.1 Å². The second-order valence-corrected chi connectivity index (χ2v) is 3.89. The van der Waals surface area contributed by atoms with Crippen molar-refractivity contribution >= 4 is 12.0 Å². The number of hydrogen-bond acceptors (Lipinski definition) is 3. The standard InChI is InChI=1S/C12H17N3O3/c1-3-9(11(16)17)15-12(18)14-8(2)10-6-4-5-7-13-10/h4-9H,3H2,1-2H3,(H,16,17)(H2,14,15,18). The number of amides is 2. The number of carboxylic acid groups (broad SMARTS) is 1. The van der Waals surface area contributed by atoms with Crippen LogP contribution in [-0.2, 0) is 4.79 Å². The summed E-state index contributed by atoms with van der Waals surface area (Å²) in [6.07, 6.45) is 1.97. The third-order valence-corrected chi connectivity index (χ3v) is 2.49. The van der Waals surface area contributed by atoms with E-state index in [-0.39, 0.29) is 6.04 Å². The van der Waals surface area contributed by atoms with Gasteiger partial charge in [0, 0.05) is 6.20 Å². The van der Waals surface area contributed by atoms with Crippen LogP contribution in [0.1, 0.15) is 32.0 Å². The van der Waals surface area contributed by atoms with Crippen LogP contribution in [0.15, 0.2) is 24.4 Å². The van der Waals surface area contributed by atoms with Gasteiger partial charge in [0.05, 0.1) is 11.7 Å². The van der Waals surface area contributed by atoms with E-state index in [0.29, 0.717) is 6.42 Å². The molecule has 2 atom stereocenters. The minimum absolute atomic E-state index is 0.280. The first-order chi connectivity index (χ1) is 8.54. The van der Waals surface area contributed by atoms with Crippen molar-refractivity contribution < 1.29 is 14.7 Å². The van der Waals surface area contributed by atoms with E-state index in [9.17, 15) is 9.59 Å². The smallest absolute Gasteiger partial charge is 0.326 e. The molecule has 2 unspecified atom stereocenters. The number of hydrogen-bond donors (Lipinski definition) is 3. The highest BCUT2D eigenvalue weighted by atomic mass is 16.4. The van der Waals surface area contributed by atoms with Crippen molar-refractivity contribution in [2.45, 2.75) is 32.4 Å². The summed E-state index contributed by atoms with van der Waals surface area (Å²) in [5.41, 5.74) is 0.719. The molecule has 1 aromatic heterocycles. The molecule has 0 aliphatic heterocycles. The zero-order chi connectivity index (χ0) is 13.5. The molecular weight excluding hydrogens is 234 g/mol. The lowest BCUT2D eigenvalue weighted by atomic mass is 10.2. The van der Waals surface area contributed by atoms with Crippen molar-refractivity contribution in [1.29, 1.82) is 0 Å². The van der Waals surface area contributed by atoms with E-state index in [0.717, 1.165) is 5.69 Å². The second kappa shape index (κ2) is 6.58. The molecule has 6 heteroatoms. The first-order valence-corrected chi connectivity index (χ1v) is 5.75. The first-order valence-electron chi connectivity index (χ1n) is 5.75. The van der Waals surface area contributed by atoms with Crippen molar-refractivity contribution in [2.75, 3.05) is 0 Å². The normalized spacial score (nSPS) is 13.4. The molecule has 3 N–H and O–H groups in total. The third kappa shape index (κ3) is 4.04. The Morgan fingerprint density at radius 1 is 1.39 bits per heavy atom. The second-order valence-electron chi connectivity index (χ2n) is 3.89. The van der Waals surface area contributed by atoms with Gasteiger partial charge in [0.15, 0.2) is 0 Å². The fourth-order valence-electron chi connectivity index (χ4n) is 1.44. The molecule has 0 saturated carbocycles. The van der Waals surface area contributed by atoms with Gasteiger partial charge in [-0.1, -0.05) is 13.0 Å². The molecule has 0 aromatic carbocycles. The van der Waals surface area contributed by atoms with Crippen LogP contribution in [0.2, 0.25) is 0 Å². The summed E-state index contributed by atoms with van der Waals surface area (Å²) in [5.74, 6) is -1.04. The maximum Gasteiger partial charge on any atom is 0.326 e. The van der Waals surface area contributed by atoms with E-state index in [1.807, 2.05) is 6.07 Å². The Balaban J connectivity index is 2.52. The fraction of sp³-hybridized carbons (Fsp3) is 0.417. The average Bonchev–Trinajstić information content (AvgIpc) is 2.36. The Morgan fingerprint density at radius 3 is 2.61 bits per heavy atom. The number of urea groups is 1. The molecule has 0 spiro atoms. The molecule has 0 bridgehead atoms. The number of carbonyl (C=O) groups excluding carboxylic acids is 1. The van der Waals surface area contributed by atoms with Crippen molar-refractivity contribution in [3.05, 3.63) is 30.1 Å². The van der Waals surface area contributed by atoms with Gasteiger partial charge < -0.3 is 15.7 Å². The summed E-state index contributed by atoms with van der Waals surface area (Å²) in [6.45, 7) is 3.48. The summed E-state index contributed by atoms with van der Waals surface area (Å²) in [5, 5.41) is 13.8. The monoisotopic (exact) mass is 251 g/mol. The molecule has 0 radical (unpaired) electrons. The Kier molecular flexibility index (Phi) is 5.10. The highest BCUT2D eigenvalue weighted by Gasteiger charge is 2.18. The van der Waals surface area contributed by atoms with Crippen LogP contribution < -0.4 is 10.6 Å². The lowest BCUT2D eigenvalue weighted by Crippen LogP contribution is -2.46. The summed E-state index contributed by atoms with van der Waals surface area (Å²) in [6, 6.07) is 3.73. The lowest BCUT2D eigenvalue weighted by Gasteiger charge is -2.17.